The van der Waals surface area contributed by atoms with Gasteiger partial charge in [0.1, 0.15) is 6.10 Å². The molecule has 18 heavy (non-hydrogen) atoms. The number of rotatable bonds is 5. The van der Waals surface area contributed by atoms with Gasteiger partial charge in [-0.05, 0) is 25.3 Å². The first-order valence-corrected chi connectivity index (χ1v) is 7.10. The van der Waals surface area contributed by atoms with E-state index in [1.807, 2.05) is 0 Å². The van der Waals surface area contributed by atoms with Crippen molar-refractivity contribution in [3.63, 3.8) is 0 Å². The molecule has 0 saturated carbocycles. The molecule has 5 heteroatoms. The first-order chi connectivity index (χ1) is 8.77. The standard InChI is InChI=1S/C13H25N3O2/c1-11-3-10-18-12(11)13(17)15-4-2-7-16-8-5-14-6-9-16/h11-12,14H,2-10H2,1H3,(H,15,17). The molecule has 0 aromatic rings. The molecule has 0 aromatic carbocycles. The maximum absolute atomic E-state index is 11.8. The Morgan fingerprint density at radius 2 is 2.22 bits per heavy atom. The summed E-state index contributed by atoms with van der Waals surface area (Å²) in [6, 6.07) is 0. The van der Waals surface area contributed by atoms with Gasteiger partial charge < -0.3 is 20.3 Å². The summed E-state index contributed by atoms with van der Waals surface area (Å²) >= 11 is 0. The van der Waals surface area contributed by atoms with E-state index in [0.717, 1.165) is 58.7 Å². The fraction of sp³-hybridized carbons (Fsp3) is 0.923. The zero-order chi connectivity index (χ0) is 12.8. The SMILES string of the molecule is CC1CCOC1C(=O)NCCCN1CCNCC1. The van der Waals surface area contributed by atoms with E-state index < -0.39 is 0 Å². The lowest BCUT2D eigenvalue weighted by molar-refractivity contribution is -0.131. The van der Waals surface area contributed by atoms with Crippen molar-refractivity contribution < 1.29 is 9.53 Å². The van der Waals surface area contributed by atoms with Gasteiger partial charge in [0.25, 0.3) is 0 Å². The van der Waals surface area contributed by atoms with Gasteiger partial charge in [-0.15, -0.1) is 0 Å². The second-order valence-corrected chi connectivity index (χ2v) is 5.29. The summed E-state index contributed by atoms with van der Waals surface area (Å²) < 4.78 is 5.44. The number of carbonyl (C=O) groups excluding carboxylic acids is 1. The molecule has 2 atom stereocenters. The molecule has 0 bridgehead atoms. The Labute approximate surface area is 109 Å². The number of piperazine rings is 1. The number of amides is 1. The number of carbonyl (C=O) groups is 1. The lowest BCUT2D eigenvalue weighted by Crippen LogP contribution is -2.44. The Balaban J connectivity index is 1.56. The van der Waals surface area contributed by atoms with Gasteiger partial charge >= 0.3 is 0 Å². The summed E-state index contributed by atoms with van der Waals surface area (Å²) in [5.41, 5.74) is 0. The molecule has 2 N–H and O–H groups in total. The third-order valence-corrected chi connectivity index (χ3v) is 3.81. The average Bonchev–Trinajstić information content (AvgIpc) is 2.82. The van der Waals surface area contributed by atoms with Crippen LogP contribution in [0.1, 0.15) is 19.8 Å². The van der Waals surface area contributed by atoms with Crippen molar-refractivity contribution in [2.75, 3.05) is 45.9 Å². The molecule has 104 valence electrons. The third-order valence-electron chi connectivity index (χ3n) is 3.81. The van der Waals surface area contributed by atoms with E-state index in [4.69, 9.17) is 4.74 Å². The predicted octanol–water partition coefficient (Wildman–Crippen LogP) is -0.177. The molecule has 2 aliphatic heterocycles. The van der Waals surface area contributed by atoms with Crippen molar-refractivity contribution in [1.82, 2.24) is 15.5 Å². The maximum atomic E-state index is 11.8. The molecular formula is C13H25N3O2. The van der Waals surface area contributed by atoms with Crippen LogP contribution in [0.4, 0.5) is 0 Å². The Morgan fingerprint density at radius 3 is 2.89 bits per heavy atom. The fourth-order valence-corrected chi connectivity index (χ4v) is 2.58. The molecule has 2 fully saturated rings. The van der Waals surface area contributed by atoms with Crippen molar-refractivity contribution >= 4 is 5.91 Å². The van der Waals surface area contributed by atoms with Gasteiger partial charge in [-0.2, -0.15) is 0 Å². The summed E-state index contributed by atoms with van der Waals surface area (Å²) in [4.78, 5) is 14.3. The normalized spacial score (nSPS) is 29.4. The Morgan fingerprint density at radius 1 is 1.44 bits per heavy atom. The predicted molar refractivity (Wildman–Crippen MR) is 70.5 cm³/mol. The average molecular weight is 255 g/mol. The zero-order valence-electron chi connectivity index (χ0n) is 11.3. The highest BCUT2D eigenvalue weighted by atomic mass is 16.5. The van der Waals surface area contributed by atoms with E-state index >= 15 is 0 Å². The molecule has 2 aliphatic rings. The van der Waals surface area contributed by atoms with Crippen LogP contribution in [0.5, 0.6) is 0 Å². The van der Waals surface area contributed by atoms with E-state index in [1.54, 1.807) is 0 Å². The van der Waals surface area contributed by atoms with Crippen LogP contribution in [0.3, 0.4) is 0 Å². The molecule has 2 unspecified atom stereocenters. The Bertz CT molecular complexity index is 267. The minimum atomic E-state index is -0.218. The smallest absolute Gasteiger partial charge is 0.249 e. The maximum Gasteiger partial charge on any atom is 0.249 e. The largest absolute Gasteiger partial charge is 0.368 e. The molecule has 0 aliphatic carbocycles. The first-order valence-electron chi connectivity index (χ1n) is 7.10. The van der Waals surface area contributed by atoms with Crippen molar-refractivity contribution in [3.05, 3.63) is 0 Å². The minimum Gasteiger partial charge on any atom is -0.368 e. The number of hydrogen-bond donors (Lipinski definition) is 2. The molecule has 2 heterocycles. The van der Waals surface area contributed by atoms with E-state index in [9.17, 15) is 4.79 Å². The molecule has 5 nitrogen and oxygen atoms in total. The summed E-state index contributed by atoms with van der Waals surface area (Å²) in [6.45, 7) is 9.05. The number of nitrogens with one attached hydrogen (secondary N) is 2. The summed E-state index contributed by atoms with van der Waals surface area (Å²) in [5, 5.41) is 6.33. The first kappa shape index (κ1) is 13.8. The number of hydrogen-bond acceptors (Lipinski definition) is 4. The van der Waals surface area contributed by atoms with Gasteiger partial charge in [-0.25, -0.2) is 0 Å². The fourth-order valence-electron chi connectivity index (χ4n) is 2.58. The van der Waals surface area contributed by atoms with E-state index in [1.165, 1.54) is 0 Å². The number of ether oxygens (including phenoxy) is 1. The Kier molecular flexibility index (Phi) is 5.41. The highest BCUT2D eigenvalue weighted by Gasteiger charge is 2.30. The monoisotopic (exact) mass is 255 g/mol. The summed E-state index contributed by atoms with van der Waals surface area (Å²) in [6.07, 6.45) is 1.80. The summed E-state index contributed by atoms with van der Waals surface area (Å²) in [7, 11) is 0. The van der Waals surface area contributed by atoms with Crippen LogP contribution in [0.25, 0.3) is 0 Å². The quantitative estimate of drug-likeness (QED) is 0.669. The van der Waals surface area contributed by atoms with Crippen molar-refractivity contribution in [2.45, 2.75) is 25.9 Å². The third kappa shape index (κ3) is 3.93. The van der Waals surface area contributed by atoms with Gasteiger partial charge in [-0.3, -0.25) is 4.79 Å². The van der Waals surface area contributed by atoms with E-state index in [2.05, 4.69) is 22.5 Å². The van der Waals surface area contributed by atoms with Gasteiger partial charge in [0.05, 0.1) is 0 Å². The Hall–Kier alpha value is -0.650. The van der Waals surface area contributed by atoms with Crippen LogP contribution in [0.2, 0.25) is 0 Å². The van der Waals surface area contributed by atoms with Crippen LogP contribution >= 0.6 is 0 Å². The van der Waals surface area contributed by atoms with Gasteiger partial charge in [0.15, 0.2) is 0 Å². The second kappa shape index (κ2) is 7.07. The molecule has 0 aromatic heterocycles. The lowest BCUT2D eigenvalue weighted by Gasteiger charge is -2.27. The number of nitrogens with zero attached hydrogens (tertiary/aromatic N) is 1. The van der Waals surface area contributed by atoms with Crippen molar-refractivity contribution in [1.29, 1.82) is 0 Å². The molecule has 2 saturated heterocycles. The zero-order valence-corrected chi connectivity index (χ0v) is 11.3. The molecule has 1 amide bonds. The lowest BCUT2D eigenvalue weighted by atomic mass is 10.0. The van der Waals surface area contributed by atoms with Crippen LogP contribution < -0.4 is 10.6 Å². The van der Waals surface area contributed by atoms with E-state index in [-0.39, 0.29) is 12.0 Å². The molecular weight excluding hydrogens is 230 g/mol. The van der Waals surface area contributed by atoms with Crippen LogP contribution in [-0.4, -0.2) is 62.8 Å². The molecule has 0 radical (unpaired) electrons. The second-order valence-electron chi connectivity index (χ2n) is 5.29. The summed E-state index contributed by atoms with van der Waals surface area (Å²) in [5.74, 6) is 0.429. The van der Waals surface area contributed by atoms with Crippen LogP contribution in [0, 0.1) is 5.92 Å². The highest BCUT2D eigenvalue weighted by molar-refractivity contribution is 5.81. The van der Waals surface area contributed by atoms with Crippen LogP contribution in [0.15, 0.2) is 0 Å². The molecule has 0 spiro atoms. The van der Waals surface area contributed by atoms with E-state index in [0.29, 0.717) is 5.92 Å². The topological polar surface area (TPSA) is 53.6 Å². The van der Waals surface area contributed by atoms with Gasteiger partial charge in [0, 0.05) is 39.3 Å². The van der Waals surface area contributed by atoms with Crippen LogP contribution in [-0.2, 0) is 9.53 Å². The minimum absolute atomic E-state index is 0.0697. The van der Waals surface area contributed by atoms with Crippen molar-refractivity contribution in [3.8, 4) is 0 Å². The van der Waals surface area contributed by atoms with Gasteiger partial charge in [0.2, 0.25) is 5.91 Å². The molecule has 2 rings (SSSR count). The van der Waals surface area contributed by atoms with Gasteiger partial charge in [-0.1, -0.05) is 6.92 Å². The highest BCUT2D eigenvalue weighted by Crippen LogP contribution is 2.19. The van der Waals surface area contributed by atoms with Crippen molar-refractivity contribution in [2.24, 2.45) is 5.92 Å².